The van der Waals surface area contributed by atoms with Gasteiger partial charge in [0.05, 0.1) is 4.92 Å². The lowest BCUT2D eigenvalue weighted by molar-refractivity contribution is -0.384. The Hall–Kier alpha value is -4.47. The number of non-ortho nitro benzene ring substituents is 1. The number of carbonyl (C=O) groups is 3. The standard InChI is InChI=1S/C21H21N7O6/c1-13-23-16(11-22)18(34-13)26-9-7-25(8-10-26)17(29)12-27-19(30)21(2,24-20(27)31)14-3-5-15(6-4-14)28(32)33/h3-6H,7-10,12H2,1-2H3,(H,24,31). The molecule has 1 aromatic carbocycles. The number of amides is 4. The first-order chi connectivity index (χ1) is 16.1. The van der Waals surface area contributed by atoms with Gasteiger partial charge in [-0.25, -0.2) is 9.78 Å². The lowest BCUT2D eigenvalue weighted by Gasteiger charge is -2.35. The van der Waals surface area contributed by atoms with E-state index in [4.69, 9.17) is 4.42 Å². The number of nitriles is 1. The van der Waals surface area contributed by atoms with Crippen LogP contribution in [0.2, 0.25) is 0 Å². The maximum Gasteiger partial charge on any atom is 0.325 e. The Bertz CT molecular complexity index is 1210. The third kappa shape index (κ3) is 3.90. The summed E-state index contributed by atoms with van der Waals surface area (Å²) in [5.74, 6) is -0.278. The fourth-order valence-electron chi connectivity index (χ4n) is 4.05. The third-order valence-corrected chi connectivity index (χ3v) is 5.97. The van der Waals surface area contributed by atoms with Gasteiger partial charge in [0.15, 0.2) is 5.89 Å². The topological polar surface area (TPSA) is 166 Å². The number of benzene rings is 1. The molecule has 13 nitrogen and oxygen atoms in total. The number of piperazine rings is 1. The predicted octanol–water partition coefficient (Wildman–Crippen LogP) is 0.879. The highest BCUT2D eigenvalue weighted by molar-refractivity contribution is 6.09. The molecule has 0 saturated carbocycles. The van der Waals surface area contributed by atoms with Crippen molar-refractivity contribution in [2.75, 3.05) is 37.6 Å². The number of nitro benzene ring substituents is 1. The molecule has 1 unspecified atom stereocenters. The molecule has 0 spiro atoms. The molecule has 176 valence electrons. The predicted molar refractivity (Wildman–Crippen MR) is 115 cm³/mol. The van der Waals surface area contributed by atoms with Crippen LogP contribution in [0.25, 0.3) is 0 Å². The van der Waals surface area contributed by atoms with Crippen molar-refractivity contribution in [3.63, 3.8) is 0 Å². The fourth-order valence-corrected chi connectivity index (χ4v) is 4.05. The van der Waals surface area contributed by atoms with Crippen LogP contribution >= 0.6 is 0 Å². The number of nitro groups is 1. The number of imide groups is 1. The second-order valence-corrected chi connectivity index (χ2v) is 8.12. The molecule has 34 heavy (non-hydrogen) atoms. The molecule has 2 aromatic rings. The normalized spacial score (nSPS) is 20.3. The van der Waals surface area contributed by atoms with E-state index in [0.717, 1.165) is 4.90 Å². The summed E-state index contributed by atoms with van der Waals surface area (Å²) >= 11 is 0. The van der Waals surface area contributed by atoms with Gasteiger partial charge in [0.1, 0.15) is 18.2 Å². The van der Waals surface area contributed by atoms with Crippen LogP contribution in [0.3, 0.4) is 0 Å². The van der Waals surface area contributed by atoms with Gasteiger partial charge in [0, 0.05) is 45.2 Å². The molecular formula is C21H21N7O6. The molecule has 4 rings (SSSR count). The number of nitrogens with zero attached hydrogens (tertiary/aromatic N) is 6. The first kappa shape index (κ1) is 22.7. The summed E-state index contributed by atoms with van der Waals surface area (Å²) in [7, 11) is 0. The van der Waals surface area contributed by atoms with Crippen LogP contribution in [-0.4, -0.2) is 70.3 Å². The van der Waals surface area contributed by atoms with Crippen LogP contribution in [0.4, 0.5) is 16.4 Å². The zero-order valence-electron chi connectivity index (χ0n) is 18.5. The average Bonchev–Trinajstić information content (AvgIpc) is 3.31. The molecule has 0 radical (unpaired) electrons. The summed E-state index contributed by atoms with van der Waals surface area (Å²) in [6.07, 6.45) is 0. The van der Waals surface area contributed by atoms with E-state index >= 15 is 0 Å². The molecule has 13 heteroatoms. The summed E-state index contributed by atoms with van der Waals surface area (Å²) in [4.78, 5) is 57.0. The number of hydrogen-bond acceptors (Lipinski definition) is 9. The van der Waals surface area contributed by atoms with Gasteiger partial charge in [-0.2, -0.15) is 5.26 Å². The Morgan fingerprint density at radius 3 is 2.50 bits per heavy atom. The van der Waals surface area contributed by atoms with E-state index < -0.39 is 34.9 Å². The lowest BCUT2D eigenvalue weighted by Crippen LogP contribution is -2.52. The molecule has 2 aliphatic rings. The number of nitrogens with one attached hydrogen (secondary N) is 1. The Labute approximate surface area is 193 Å². The van der Waals surface area contributed by atoms with Gasteiger partial charge < -0.3 is 19.5 Å². The van der Waals surface area contributed by atoms with E-state index in [1.54, 1.807) is 6.92 Å². The molecular weight excluding hydrogens is 446 g/mol. The quantitative estimate of drug-likeness (QED) is 0.381. The number of carbonyl (C=O) groups excluding carboxylic acids is 3. The zero-order valence-corrected chi connectivity index (χ0v) is 18.5. The number of aromatic nitrogens is 1. The van der Waals surface area contributed by atoms with Crippen LogP contribution in [0, 0.1) is 28.4 Å². The smallest absolute Gasteiger partial charge is 0.325 e. The molecule has 0 aliphatic carbocycles. The number of urea groups is 1. The highest BCUT2D eigenvalue weighted by Crippen LogP contribution is 2.30. The van der Waals surface area contributed by atoms with Crippen molar-refractivity contribution in [2.45, 2.75) is 19.4 Å². The summed E-state index contributed by atoms with van der Waals surface area (Å²) in [5, 5.41) is 22.7. The Balaban J connectivity index is 1.40. The molecule has 4 amide bonds. The van der Waals surface area contributed by atoms with Gasteiger partial charge in [-0.1, -0.05) is 0 Å². The van der Waals surface area contributed by atoms with Crippen LogP contribution in [0.15, 0.2) is 28.7 Å². The van der Waals surface area contributed by atoms with Crippen molar-refractivity contribution >= 4 is 29.4 Å². The van der Waals surface area contributed by atoms with Gasteiger partial charge in [0.25, 0.3) is 11.6 Å². The summed E-state index contributed by atoms with van der Waals surface area (Å²) in [5.41, 5.74) is -1.03. The Morgan fingerprint density at radius 2 is 1.91 bits per heavy atom. The van der Waals surface area contributed by atoms with E-state index in [-0.39, 0.29) is 11.4 Å². The number of rotatable bonds is 5. The molecule has 2 aliphatic heterocycles. The van der Waals surface area contributed by atoms with Crippen LogP contribution in [0.5, 0.6) is 0 Å². The summed E-state index contributed by atoms with van der Waals surface area (Å²) in [6, 6.07) is 6.58. The third-order valence-electron chi connectivity index (χ3n) is 5.97. The molecule has 3 heterocycles. The SMILES string of the molecule is Cc1nc(C#N)c(N2CCN(C(=O)CN3C(=O)NC(C)(c4ccc([N+](=O)[O-])cc4)C3=O)CC2)o1. The lowest BCUT2D eigenvalue weighted by atomic mass is 9.92. The average molecular weight is 467 g/mol. The van der Waals surface area contributed by atoms with E-state index in [2.05, 4.69) is 10.3 Å². The molecule has 1 atom stereocenters. The van der Waals surface area contributed by atoms with Crippen molar-refractivity contribution in [1.29, 1.82) is 5.26 Å². The van der Waals surface area contributed by atoms with Crippen molar-refractivity contribution < 1.29 is 23.7 Å². The first-order valence-corrected chi connectivity index (χ1v) is 10.4. The van der Waals surface area contributed by atoms with Crippen LogP contribution in [0.1, 0.15) is 24.1 Å². The fraction of sp³-hybridized carbons (Fsp3) is 0.381. The van der Waals surface area contributed by atoms with Gasteiger partial charge in [0.2, 0.25) is 17.5 Å². The summed E-state index contributed by atoms with van der Waals surface area (Å²) < 4.78 is 5.51. The second-order valence-electron chi connectivity index (χ2n) is 8.12. The largest absolute Gasteiger partial charge is 0.424 e. The molecule has 0 bridgehead atoms. The minimum absolute atomic E-state index is 0.141. The highest BCUT2D eigenvalue weighted by Gasteiger charge is 2.50. The van der Waals surface area contributed by atoms with Crippen LogP contribution in [-0.2, 0) is 15.1 Å². The first-order valence-electron chi connectivity index (χ1n) is 10.4. The van der Waals surface area contributed by atoms with Crippen molar-refractivity contribution in [3.05, 3.63) is 51.5 Å². The molecule has 2 saturated heterocycles. The van der Waals surface area contributed by atoms with E-state index in [1.807, 2.05) is 11.0 Å². The molecule has 1 N–H and O–H groups in total. The van der Waals surface area contributed by atoms with Crippen molar-refractivity contribution in [1.82, 2.24) is 20.1 Å². The second kappa shape index (κ2) is 8.47. The van der Waals surface area contributed by atoms with Crippen LogP contribution < -0.4 is 10.2 Å². The summed E-state index contributed by atoms with van der Waals surface area (Å²) in [6.45, 7) is 4.12. The van der Waals surface area contributed by atoms with Gasteiger partial charge in [-0.05, 0) is 24.6 Å². The van der Waals surface area contributed by atoms with Crippen molar-refractivity contribution in [2.24, 2.45) is 0 Å². The zero-order chi connectivity index (χ0) is 24.6. The van der Waals surface area contributed by atoms with E-state index in [0.29, 0.717) is 43.5 Å². The number of anilines is 1. The highest BCUT2D eigenvalue weighted by atomic mass is 16.6. The minimum atomic E-state index is -1.44. The number of hydrogen-bond donors (Lipinski definition) is 1. The number of aryl methyl sites for hydroxylation is 1. The number of oxazole rings is 1. The van der Waals surface area contributed by atoms with Gasteiger partial charge >= 0.3 is 6.03 Å². The van der Waals surface area contributed by atoms with Gasteiger partial charge in [-0.15, -0.1) is 0 Å². The molecule has 1 aromatic heterocycles. The van der Waals surface area contributed by atoms with E-state index in [1.165, 1.54) is 36.1 Å². The van der Waals surface area contributed by atoms with Crippen molar-refractivity contribution in [3.8, 4) is 6.07 Å². The Kier molecular flexibility index (Phi) is 5.66. The maximum absolute atomic E-state index is 13.1. The minimum Gasteiger partial charge on any atom is -0.424 e. The monoisotopic (exact) mass is 467 g/mol. The Morgan fingerprint density at radius 1 is 1.26 bits per heavy atom. The van der Waals surface area contributed by atoms with Gasteiger partial charge in [-0.3, -0.25) is 24.6 Å². The van der Waals surface area contributed by atoms with E-state index in [9.17, 15) is 29.8 Å². The molecule has 2 fully saturated rings. The maximum atomic E-state index is 13.1.